The Bertz CT molecular complexity index is 978. The van der Waals surface area contributed by atoms with E-state index in [4.69, 9.17) is 0 Å². The molecule has 2 aromatic heterocycles. The van der Waals surface area contributed by atoms with E-state index in [0.29, 0.717) is 38.5 Å². The van der Waals surface area contributed by atoms with Gasteiger partial charge in [0, 0.05) is 32.7 Å². The summed E-state index contributed by atoms with van der Waals surface area (Å²) in [5.41, 5.74) is 0.850. The number of thiophene rings is 1. The maximum absolute atomic E-state index is 13.0. The molecule has 1 N–H and O–H groups in total. The first kappa shape index (κ1) is 19.1. The van der Waals surface area contributed by atoms with Crippen molar-refractivity contribution in [3.63, 3.8) is 0 Å². The summed E-state index contributed by atoms with van der Waals surface area (Å²) in [5, 5.41) is 9.29. The first-order valence-electron chi connectivity index (χ1n) is 9.55. The van der Waals surface area contributed by atoms with Crippen LogP contribution in [0.1, 0.15) is 17.5 Å². The molecule has 1 aromatic carbocycles. The highest BCUT2D eigenvalue weighted by molar-refractivity contribution is 7.13. The van der Waals surface area contributed by atoms with Crippen LogP contribution in [0.15, 0.2) is 47.8 Å². The highest BCUT2D eigenvalue weighted by Gasteiger charge is 2.28. The van der Waals surface area contributed by atoms with Crippen LogP contribution in [0, 0.1) is 0 Å². The number of hydrogen-bond acceptors (Lipinski definition) is 5. The third kappa shape index (κ3) is 4.00. The Morgan fingerprint density at radius 3 is 2.41 bits per heavy atom. The van der Waals surface area contributed by atoms with Crippen LogP contribution in [0.25, 0.3) is 16.4 Å². The van der Waals surface area contributed by atoms with Crippen molar-refractivity contribution in [2.24, 2.45) is 0 Å². The number of nitrogens with one attached hydrogen (secondary N) is 1. The molecule has 0 atom stereocenters. The molecule has 4 rings (SSSR count). The van der Waals surface area contributed by atoms with E-state index in [-0.39, 0.29) is 17.8 Å². The van der Waals surface area contributed by atoms with Crippen molar-refractivity contribution in [2.45, 2.75) is 6.92 Å². The van der Waals surface area contributed by atoms with Crippen LogP contribution in [0.3, 0.4) is 0 Å². The average Bonchev–Trinajstić information content (AvgIpc) is 3.44. The summed E-state index contributed by atoms with van der Waals surface area (Å²) in [6.07, 6.45) is 0. The van der Waals surface area contributed by atoms with Crippen LogP contribution in [-0.2, 0) is 0 Å². The highest BCUT2D eigenvalue weighted by atomic mass is 32.1. The van der Waals surface area contributed by atoms with E-state index >= 15 is 0 Å². The zero-order chi connectivity index (χ0) is 20.2. The molecule has 3 heterocycles. The van der Waals surface area contributed by atoms with Gasteiger partial charge in [-0.3, -0.25) is 4.79 Å². The van der Waals surface area contributed by atoms with Crippen LogP contribution < -0.4 is 5.32 Å². The fourth-order valence-corrected chi connectivity index (χ4v) is 3.93. The number of urea groups is 1. The number of hydrogen-bond donors (Lipinski definition) is 1. The van der Waals surface area contributed by atoms with E-state index in [0.717, 1.165) is 10.6 Å². The number of aromatic nitrogens is 3. The molecule has 1 fully saturated rings. The number of carbonyl (C=O) groups excluding carboxylic acids is 2. The third-order valence-corrected chi connectivity index (χ3v) is 5.59. The van der Waals surface area contributed by atoms with Crippen molar-refractivity contribution in [3.8, 4) is 16.4 Å². The van der Waals surface area contributed by atoms with Gasteiger partial charge in [-0.1, -0.05) is 24.3 Å². The van der Waals surface area contributed by atoms with Crippen LogP contribution in [-0.4, -0.2) is 69.2 Å². The number of nitrogens with zero attached hydrogens (tertiary/aromatic N) is 5. The average molecular weight is 411 g/mol. The molecule has 0 unspecified atom stereocenters. The molecule has 29 heavy (non-hydrogen) atoms. The number of benzene rings is 1. The molecule has 150 valence electrons. The van der Waals surface area contributed by atoms with Crippen LogP contribution >= 0.6 is 11.3 Å². The Hall–Kier alpha value is -3.20. The van der Waals surface area contributed by atoms with E-state index in [9.17, 15) is 9.59 Å². The van der Waals surface area contributed by atoms with Gasteiger partial charge in [0.15, 0.2) is 5.82 Å². The molecular formula is C20H22N6O2S. The Balaban J connectivity index is 1.56. The maximum Gasteiger partial charge on any atom is 0.317 e. The van der Waals surface area contributed by atoms with Gasteiger partial charge in [-0.05, 0) is 30.5 Å². The van der Waals surface area contributed by atoms with Gasteiger partial charge in [-0.25, -0.2) is 14.5 Å². The minimum absolute atomic E-state index is 0.0916. The molecule has 0 spiro atoms. The van der Waals surface area contributed by atoms with E-state index in [1.54, 1.807) is 25.8 Å². The third-order valence-electron chi connectivity index (χ3n) is 4.72. The lowest BCUT2D eigenvalue weighted by Gasteiger charge is -2.34. The van der Waals surface area contributed by atoms with Crippen LogP contribution in [0.2, 0.25) is 0 Å². The molecule has 9 heteroatoms. The van der Waals surface area contributed by atoms with Crippen molar-refractivity contribution < 1.29 is 9.59 Å². The normalized spacial score (nSPS) is 14.1. The largest absolute Gasteiger partial charge is 0.338 e. The predicted octanol–water partition coefficient (Wildman–Crippen LogP) is 2.48. The Morgan fingerprint density at radius 1 is 1.03 bits per heavy atom. The molecule has 3 amide bonds. The standard InChI is InChI=1S/C20H22N6O2S/c1-2-21-20(28)25-12-10-24(11-13-25)19(27)17-22-18(16-9-6-14-29-16)26(23-17)15-7-4-3-5-8-15/h3-9,14H,2,10-13H2,1H3,(H,21,28). The van der Waals surface area contributed by atoms with Gasteiger partial charge in [-0.2, -0.15) is 0 Å². The molecule has 1 saturated heterocycles. The molecular weight excluding hydrogens is 388 g/mol. The summed E-state index contributed by atoms with van der Waals surface area (Å²) < 4.78 is 1.71. The lowest BCUT2D eigenvalue weighted by Crippen LogP contribution is -2.53. The summed E-state index contributed by atoms with van der Waals surface area (Å²) in [6.45, 7) is 4.39. The summed E-state index contributed by atoms with van der Waals surface area (Å²) in [6, 6.07) is 13.5. The molecule has 0 aliphatic carbocycles. The predicted molar refractivity (Wildman–Crippen MR) is 111 cm³/mol. The molecule has 8 nitrogen and oxygen atoms in total. The van der Waals surface area contributed by atoms with E-state index in [2.05, 4.69) is 15.4 Å². The first-order valence-corrected chi connectivity index (χ1v) is 10.4. The van der Waals surface area contributed by atoms with Gasteiger partial charge in [0.2, 0.25) is 5.82 Å². The lowest BCUT2D eigenvalue weighted by atomic mass is 10.3. The van der Waals surface area contributed by atoms with E-state index < -0.39 is 0 Å². The fourth-order valence-electron chi connectivity index (χ4n) is 3.23. The zero-order valence-electron chi connectivity index (χ0n) is 16.1. The Labute approximate surface area is 172 Å². The van der Waals surface area contributed by atoms with Crippen LogP contribution in [0.5, 0.6) is 0 Å². The number of piperazine rings is 1. The minimum atomic E-state index is -0.215. The second kappa shape index (κ2) is 8.44. The second-order valence-corrected chi connectivity index (χ2v) is 7.55. The molecule has 3 aromatic rings. The van der Waals surface area contributed by atoms with Crippen molar-refractivity contribution in [1.29, 1.82) is 0 Å². The van der Waals surface area contributed by atoms with Gasteiger partial charge < -0.3 is 15.1 Å². The molecule has 0 bridgehead atoms. The topological polar surface area (TPSA) is 83.4 Å². The van der Waals surface area contributed by atoms with Gasteiger partial charge in [0.25, 0.3) is 5.91 Å². The lowest BCUT2D eigenvalue weighted by molar-refractivity contribution is 0.0653. The van der Waals surface area contributed by atoms with Gasteiger partial charge >= 0.3 is 6.03 Å². The number of para-hydroxylation sites is 1. The van der Waals surface area contributed by atoms with Crippen molar-refractivity contribution in [2.75, 3.05) is 32.7 Å². The Kier molecular flexibility index (Phi) is 5.57. The second-order valence-electron chi connectivity index (χ2n) is 6.60. The summed E-state index contributed by atoms with van der Waals surface area (Å²) in [5.74, 6) is 0.604. The molecule has 1 aliphatic heterocycles. The highest BCUT2D eigenvalue weighted by Crippen LogP contribution is 2.26. The van der Waals surface area contributed by atoms with E-state index in [1.165, 1.54) is 0 Å². The molecule has 0 saturated carbocycles. The fraction of sp³-hybridized carbons (Fsp3) is 0.300. The zero-order valence-corrected chi connectivity index (χ0v) is 16.9. The van der Waals surface area contributed by atoms with Crippen molar-refractivity contribution in [1.82, 2.24) is 29.9 Å². The van der Waals surface area contributed by atoms with Crippen molar-refractivity contribution in [3.05, 3.63) is 53.7 Å². The van der Waals surface area contributed by atoms with Gasteiger partial charge in [0.05, 0.1) is 10.6 Å². The van der Waals surface area contributed by atoms with Gasteiger partial charge in [-0.15, -0.1) is 16.4 Å². The quantitative estimate of drug-likeness (QED) is 0.716. The number of amides is 3. The van der Waals surface area contributed by atoms with E-state index in [1.807, 2.05) is 54.8 Å². The summed E-state index contributed by atoms with van der Waals surface area (Å²) in [7, 11) is 0. The van der Waals surface area contributed by atoms with Gasteiger partial charge in [0.1, 0.15) is 0 Å². The molecule has 0 radical (unpaired) electrons. The monoisotopic (exact) mass is 410 g/mol. The van der Waals surface area contributed by atoms with Crippen molar-refractivity contribution >= 4 is 23.3 Å². The summed E-state index contributed by atoms with van der Waals surface area (Å²) >= 11 is 1.55. The van der Waals surface area contributed by atoms with Crippen LogP contribution in [0.4, 0.5) is 4.79 Å². The Morgan fingerprint density at radius 2 is 1.76 bits per heavy atom. The first-order chi connectivity index (χ1) is 14.2. The summed E-state index contributed by atoms with van der Waals surface area (Å²) in [4.78, 5) is 33.9. The maximum atomic E-state index is 13.0. The number of rotatable bonds is 4. The minimum Gasteiger partial charge on any atom is -0.338 e. The number of carbonyl (C=O) groups is 2. The smallest absolute Gasteiger partial charge is 0.317 e. The SMILES string of the molecule is CCNC(=O)N1CCN(C(=O)c2nc(-c3cccs3)n(-c3ccccc3)n2)CC1. The molecule has 1 aliphatic rings.